The van der Waals surface area contributed by atoms with Gasteiger partial charge in [-0.25, -0.2) is 0 Å². The predicted molar refractivity (Wildman–Crippen MR) is 70.0 cm³/mol. The second kappa shape index (κ2) is 5.53. The van der Waals surface area contributed by atoms with Crippen molar-refractivity contribution in [3.63, 3.8) is 0 Å². The maximum Gasteiger partial charge on any atom is 0.0410 e. The van der Waals surface area contributed by atoms with E-state index in [0.29, 0.717) is 0 Å². The standard InChI is InChI=1S/C12H10BrNO2S/c13-12-5-11(6-14-7-12)10-3-1-2-9(4-10)8-17(15)16/h1-7H,8H2,(H,15,16)/p-1. The van der Waals surface area contributed by atoms with Gasteiger partial charge < -0.3 is 4.55 Å². The molecular weight excluding hydrogens is 302 g/mol. The van der Waals surface area contributed by atoms with E-state index in [-0.39, 0.29) is 5.75 Å². The molecule has 1 aromatic heterocycles. The third-order valence-electron chi connectivity index (χ3n) is 2.25. The molecule has 17 heavy (non-hydrogen) atoms. The Labute approximate surface area is 110 Å². The van der Waals surface area contributed by atoms with E-state index in [0.717, 1.165) is 21.2 Å². The number of hydrogen-bond acceptors (Lipinski definition) is 3. The van der Waals surface area contributed by atoms with Gasteiger partial charge in [0.25, 0.3) is 0 Å². The van der Waals surface area contributed by atoms with Crippen molar-refractivity contribution in [3.8, 4) is 11.1 Å². The molecule has 0 aliphatic rings. The first-order valence-electron chi connectivity index (χ1n) is 4.91. The van der Waals surface area contributed by atoms with Crippen LogP contribution in [0.25, 0.3) is 11.1 Å². The molecule has 0 N–H and O–H groups in total. The van der Waals surface area contributed by atoms with Crippen molar-refractivity contribution in [2.24, 2.45) is 0 Å². The Kier molecular flexibility index (Phi) is 4.04. The zero-order valence-corrected chi connectivity index (χ0v) is 11.2. The molecule has 5 heteroatoms. The summed E-state index contributed by atoms with van der Waals surface area (Å²) in [6.45, 7) is 0. The summed E-state index contributed by atoms with van der Waals surface area (Å²) in [4.78, 5) is 4.08. The number of pyridine rings is 1. The summed E-state index contributed by atoms with van der Waals surface area (Å²) in [5, 5.41) is 0. The van der Waals surface area contributed by atoms with Crippen LogP contribution in [-0.2, 0) is 16.8 Å². The molecule has 0 radical (unpaired) electrons. The lowest BCUT2D eigenvalue weighted by Crippen LogP contribution is -1.93. The molecule has 2 rings (SSSR count). The Bertz CT molecular complexity index is 560. The Hall–Kier alpha value is -1.04. The van der Waals surface area contributed by atoms with Crippen molar-refractivity contribution in [2.75, 3.05) is 0 Å². The van der Waals surface area contributed by atoms with Crippen LogP contribution in [-0.4, -0.2) is 13.7 Å². The van der Waals surface area contributed by atoms with Crippen LogP contribution in [0.4, 0.5) is 0 Å². The zero-order chi connectivity index (χ0) is 12.3. The smallest absolute Gasteiger partial charge is 0.0410 e. The molecule has 2 aromatic rings. The van der Waals surface area contributed by atoms with Crippen molar-refractivity contribution in [1.82, 2.24) is 4.98 Å². The van der Waals surface area contributed by atoms with Crippen molar-refractivity contribution >= 4 is 27.0 Å². The molecule has 0 bridgehead atoms. The first kappa shape index (κ1) is 12.4. The van der Waals surface area contributed by atoms with Gasteiger partial charge >= 0.3 is 0 Å². The molecule has 0 amide bonds. The van der Waals surface area contributed by atoms with Gasteiger partial charge in [-0.05, 0) is 33.1 Å². The molecule has 0 saturated heterocycles. The van der Waals surface area contributed by atoms with Crippen molar-refractivity contribution in [3.05, 3.63) is 52.8 Å². The molecule has 88 valence electrons. The lowest BCUT2D eigenvalue weighted by Gasteiger charge is -2.07. The normalized spacial score (nSPS) is 12.4. The molecule has 3 nitrogen and oxygen atoms in total. The molecule has 1 unspecified atom stereocenters. The largest absolute Gasteiger partial charge is 0.772 e. The SMILES string of the molecule is O=S([O-])Cc1cccc(-c2cncc(Br)c2)c1. The fraction of sp³-hybridized carbons (Fsp3) is 0.0833. The lowest BCUT2D eigenvalue weighted by atomic mass is 10.1. The van der Waals surface area contributed by atoms with E-state index < -0.39 is 11.1 Å². The Morgan fingerprint density at radius 3 is 2.76 bits per heavy atom. The highest BCUT2D eigenvalue weighted by molar-refractivity contribution is 9.10. The fourth-order valence-electron chi connectivity index (χ4n) is 1.55. The summed E-state index contributed by atoms with van der Waals surface area (Å²) in [5.41, 5.74) is 2.69. The van der Waals surface area contributed by atoms with Crippen molar-refractivity contribution in [2.45, 2.75) is 5.75 Å². The van der Waals surface area contributed by atoms with E-state index in [1.54, 1.807) is 18.5 Å². The molecule has 0 fully saturated rings. The average Bonchev–Trinajstić information content (AvgIpc) is 2.28. The number of hydrogen-bond donors (Lipinski definition) is 0. The molecule has 0 aliphatic carbocycles. The third kappa shape index (κ3) is 3.46. The van der Waals surface area contributed by atoms with Gasteiger partial charge in [-0.3, -0.25) is 9.19 Å². The van der Waals surface area contributed by atoms with Crippen LogP contribution in [0, 0.1) is 0 Å². The van der Waals surface area contributed by atoms with Gasteiger partial charge in [-0.2, -0.15) is 0 Å². The maximum atomic E-state index is 10.7. The Morgan fingerprint density at radius 1 is 1.24 bits per heavy atom. The molecule has 1 atom stereocenters. The van der Waals surface area contributed by atoms with Crippen molar-refractivity contribution < 1.29 is 8.76 Å². The quantitative estimate of drug-likeness (QED) is 0.819. The summed E-state index contributed by atoms with van der Waals surface area (Å²) < 4.78 is 22.2. The van der Waals surface area contributed by atoms with Crippen LogP contribution in [0.15, 0.2) is 47.2 Å². The molecule has 0 aliphatic heterocycles. The van der Waals surface area contributed by atoms with Gasteiger partial charge in [0.1, 0.15) is 0 Å². The summed E-state index contributed by atoms with van der Waals surface area (Å²) in [5.74, 6) is 0.0370. The second-order valence-electron chi connectivity index (χ2n) is 3.54. The van der Waals surface area contributed by atoms with Crippen molar-refractivity contribution in [1.29, 1.82) is 0 Å². The van der Waals surface area contributed by atoms with Gasteiger partial charge in [-0.1, -0.05) is 35.3 Å². The van der Waals surface area contributed by atoms with E-state index in [1.165, 1.54) is 0 Å². The third-order valence-corrected chi connectivity index (χ3v) is 3.25. The summed E-state index contributed by atoms with van der Waals surface area (Å²) in [6.07, 6.45) is 3.46. The summed E-state index contributed by atoms with van der Waals surface area (Å²) >= 11 is 1.30. The summed E-state index contributed by atoms with van der Waals surface area (Å²) in [7, 11) is 0. The highest BCUT2D eigenvalue weighted by Crippen LogP contribution is 2.22. The molecule has 1 aromatic carbocycles. The van der Waals surface area contributed by atoms with Gasteiger partial charge in [0, 0.05) is 28.2 Å². The molecule has 0 saturated carbocycles. The first-order chi connectivity index (χ1) is 8.15. The van der Waals surface area contributed by atoms with Gasteiger partial charge in [-0.15, -0.1) is 0 Å². The average molecular weight is 311 g/mol. The van der Waals surface area contributed by atoms with E-state index in [2.05, 4.69) is 20.9 Å². The first-order valence-corrected chi connectivity index (χ1v) is 6.94. The van der Waals surface area contributed by atoms with E-state index >= 15 is 0 Å². The number of benzene rings is 1. The fourth-order valence-corrected chi connectivity index (χ4v) is 2.36. The lowest BCUT2D eigenvalue weighted by molar-refractivity contribution is 0.536. The number of rotatable bonds is 3. The summed E-state index contributed by atoms with van der Waals surface area (Å²) in [6, 6.07) is 9.38. The number of aromatic nitrogens is 1. The molecule has 0 spiro atoms. The minimum Gasteiger partial charge on any atom is -0.772 e. The predicted octanol–water partition coefficient (Wildman–Crippen LogP) is 2.89. The Balaban J connectivity index is 2.36. The Morgan fingerprint density at radius 2 is 2.06 bits per heavy atom. The van der Waals surface area contributed by atoms with Gasteiger partial charge in [0.15, 0.2) is 0 Å². The highest BCUT2D eigenvalue weighted by Gasteiger charge is 2.00. The number of nitrogens with zero attached hydrogens (tertiary/aromatic N) is 1. The van der Waals surface area contributed by atoms with Gasteiger partial charge in [0.2, 0.25) is 0 Å². The van der Waals surface area contributed by atoms with E-state index in [4.69, 9.17) is 0 Å². The topological polar surface area (TPSA) is 53.0 Å². The van der Waals surface area contributed by atoms with Crippen LogP contribution < -0.4 is 0 Å². The number of halogens is 1. The van der Waals surface area contributed by atoms with E-state index in [1.807, 2.05) is 24.3 Å². The minimum atomic E-state index is -2.06. The molecule has 1 heterocycles. The monoisotopic (exact) mass is 310 g/mol. The van der Waals surface area contributed by atoms with Crippen LogP contribution in [0.1, 0.15) is 5.56 Å². The maximum absolute atomic E-state index is 10.7. The van der Waals surface area contributed by atoms with Crippen LogP contribution in [0.5, 0.6) is 0 Å². The van der Waals surface area contributed by atoms with E-state index in [9.17, 15) is 8.76 Å². The van der Waals surface area contributed by atoms with Crippen LogP contribution in [0.3, 0.4) is 0 Å². The molecular formula is C12H9BrNO2S-. The second-order valence-corrected chi connectivity index (χ2v) is 5.35. The zero-order valence-electron chi connectivity index (χ0n) is 8.80. The highest BCUT2D eigenvalue weighted by atomic mass is 79.9. The van der Waals surface area contributed by atoms with Crippen LogP contribution >= 0.6 is 15.9 Å². The minimum absolute atomic E-state index is 0.0370. The van der Waals surface area contributed by atoms with Gasteiger partial charge in [0.05, 0.1) is 0 Å². The van der Waals surface area contributed by atoms with Crippen LogP contribution in [0.2, 0.25) is 0 Å².